The molecule has 0 saturated heterocycles. The van der Waals surface area contributed by atoms with Gasteiger partial charge in [-0.3, -0.25) is 25.7 Å². The fourth-order valence-corrected chi connectivity index (χ4v) is 4.19. The lowest BCUT2D eigenvalue weighted by atomic mass is 9.94. The Kier molecular flexibility index (Phi) is 9.58. The molecule has 0 fully saturated rings. The van der Waals surface area contributed by atoms with Gasteiger partial charge >= 0.3 is 5.97 Å². The lowest BCUT2D eigenvalue weighted by molar-refractivity contribution is -0.384. The van der Waals surface area contributed by atoms with Crippen LogP contribution < -0.4 is 10.7 Å². The minimum atomic E-state index is -0.733. The van der Waals surface area contributed by atoms with Crippen LogP contribution in [0.15, 0.2) is 114 Å². The summed E-state index contributed by atoms with van der Waals surface area (Å²) in [7, 11) is 0. The van der Waals surface area contributed by atoms with Gasteiger partial charge in [0, 0.05) is 12.1 Å². The van der Waals surface area contributed by atoms with Crippen molar-refractivity contribution in [2.45, 2.75) is 25.4 Å². The van der Waals surface area contributed by atoms with Crippen molar-refractivity contribution in [2.24, 2.45) is 5.10 Å². The second kappa shape index (κ2) is 13.7. The number of anilines is 1. The number of hydrogen-bond acceptors (Lipinski definition) is 8. The van der Waals surface area contributed by atoms with Gasteiger partial charge in [0.2, 0.25) is 0 Å². The van der Waals surface area contributed by atoms with Gasteiger partial charge in [0.05, 0.1) is 29.0 Å². The van der Waals surface area contributed by atoms with Gasteiger partial charge in [-0.05, 0) is 54.3 Å². The number of phenols is 1. The van der Waals surface area contributed by atoms with Crippen molar-refractivity contribution >= 4 is 23.1 Å². The molecule has 4 aromatic carbocycles. The zero-order valence-corrected chi connectivity index (χ0v) is 21.9. The summed E-state index contributed by atoms with van der Waals surface area (Å²) < 4.78 is 5.42. The Labute approximate surface area is 232 Å². The molecule has 0 aromatic heterocycles. The summed E-state index contributed by atoms with van der Waals surface area (Å²) in [5, 5.41) is 29.0. The number of nitrogens with zero attached hydrogens (tertiary/aromatic N) is 2. The summed E-state index contributed by atoms with van der Waals surface area (Å²) in [5.74, 6) is -0.269. The Hall–Kier alpha value is -5.02. The molecule has 3 N–H and O–H groups in total. The molecule has 0 unspecified atom stereocenters. The molecule has 4 aromatic rings. The van der Waals surface area contributed by atoms with E-state index in [1.54, 1.807) is 43.3 Å². The fraction of sp³-hybridized carbons (Fsp3) is 0.161. The van der Waals surface area contributed by atoms with Gasteiger partial charge < -0.3 is 9.84 Å². The number of rotatable bonds is 12. The third-order valence-electron chi connectivity index (χ3n) is 6.17. The molecule has 204 valence electrons. The van der Waals surface area contributed by atoms with E-state index in [0.29, 0.717) is 17.8 Å². The number of carbonyl (C=O) groups is 1. The number of hydrazone groups is 1. The van der Waals surface area contributed by atoms with Gasteiger partial charge in [-0.1, -0.05) is 72.8 Å². The maximum absolute atomic E-state index is 13.2. The molecule has 0 heterocycles. The molecule has 9 heteroatoms. The predicted molar refractivity (Wildman–Crippen MR) is 154 cm³/mol. The molecule has 0 bridgehead atoms. The maximum Gasteiger partial charge on any atom is 0.323 e. The summed E-state index contributed by atoms with van der Waals surface area (Å²) >= 11 is 0. The highest BCUT2D eigenvalue weighted by Crippen LogP contribution is 2.23. The minimum absolute atomic E-state index is 0.0202. The van der Waals surface area contributed by atoms with Crippen LogP contribution in [0.5, 0.6) is 5.75 Å². The second-order valence-corrected chi connectivity index (χ2v) is 8.96. The Bertz CT molecular complexity index is 1430. The Morgan fingerprint density at radius 3 is 2.15 bits per heavy atom. The Morgan fingerprint density at radius 2 is 1.55 bits per heavy atom. The van der Waals surface area contributed by atoms with Crippen molar-refractivity contribution in [1.82, 2.24) is 5.32 Å². The number of benzene rings is 4. The monoisotopic (exact) mass is 538 g/mol. The molecule has 0 radical (unpaired) electrons. The lowest BCUT2D eigenvalue weighted by Crippen LogP contribution is -2.44. The third-order valence-corrected chi connectivity index (χ3v) is 6.17. The largest absolute Gasteiger partial charge is 0.508 e. The van der Waals surface area contributed by atoms with Crippen molar-refractivity contribution in [3.05, 3.63) is 136 Å². The van der Waals surface area contributed by atoms with E-state index in [-0.39, 0.29) is 18.0 Å². The molecule has 2 atom stereocenters. The molecule has 9 nitrogen and oxygen atoms in total. The quantitative estimate of drug-likeness (QED) is 0.0925. The SMILES string of the molecule is CCOC(=O)[C@H](Cc1ccc(O)cc1)N[C@H](/C(=N/Nc1ccc([N+](=O)[O-])cc1)c1ccccc1)c1ccccc1. The summed E-state index contributed by atoms with van der Waals surface area (Å²) in [4.78, 5) is 23.8. The van der Waals surface area contributed by atoms with Crippen molar-refractivity contribution in [2.75, 3.05) is 12.0 Å². The highest BCUT2D eigenvalue weighted by molar-refractivity contribution is 6.05. The van der Waals surface area contributed by atoms with Crippen LogP contribution >= 0.6 is 0 Å². The van der Waals surface area contributed by atoms with Crippen LogP contribution in [0.2, 0.25) is 0 Å². The zero-order valence-electron chi connectivity index (χ0n) is 21.9. The third kappa shape index (κ3) is 7.52. The van der Waals surface area contributed by atoms with Crippen molar-refractivity contribution < 1.29 is 19.6 Å². The summed E-state index contributed by atoms with van der Waals surface area (Å²) in [6.45, 7) is 1.99. The molecule has 40 heavy (non-hydrogen) atoms. The number of nitro groups is 1. The number of nitrogens with one attached hydrogen (secondary N) is 2. The van der Waals surface area contributed by atoms with Gasteiger partial charge in [-0.25, -0.2) is 0 Å². The molecule has 4 rings (SSSR count). The number of hydrogen-bond donors (Lipinski definition) is 3. The first kappa shape index (κ1) is 28.0. The smallest absolute Gasteiger partial charge is 0.323 e. The first-order chi connectivity index (χ1) is 19.4. The van der Waals surface area contributed by atoms with Crippen LogP contribution in [0.1, 0.15) is 29.7 Å². The summed E-state index contributed by atoms with van der Waals surface area (Å²) in [6, 6.07) is 30.6. The first-order valence-corrected chi connectivity index (χ1v) is 12.8. The number of phenolic OH excluding ortho intramolecular Hbond substituents is 1. The highest BCUT2D eigenvalue weighted by atomic mass is 16.6. The van der Waals surface area contributed by atoms with E-state index in [0.717, 1.165) is 16.7 Å². The lowest BCUT2D eigenvalue weighted by Gasteiger charge is -2.27. The van der Waals surface area contributed by atoms with Gasteiger partial charge in [0.15, 0.2) is 0 Å². The van der Waals surface area contributed by atoms with Gasteiger partial charge in [-0.2, -0.15) is 5.10 Å². The molecular formula is C31H30N4O5. The second-order valence-electron chi connectivity index (χ2n) is 8.96. The Balaban J connectivity index is 1.74. The van der Waals surface area contributed by atoms with Crippen molar-refractivity contribution in [3.8, 4) is 5.75 Å². The van der Waals surface area contributed by atoms with E-state index in [1.165, 1.54) is 12.1 Å². The molecule has 0 saturated carbocycles. The van der Waals surface area contributed by atoms with Crippen molar-refractivity contribution in [3.63, 3.8) is 0 Å². The minimum Gasteiger partial charge on any atom is -0.508 e. The standard InChI is InChI=1S/C31H30N4O5/c1-2-40-31(37)28(21-22-13-19-27(36)20-14-22)32-29(23-9-5-3-6-10-23)30(24-11-7-4-8-12-24)34-33-25-15-17-26(18-16-25)35(38)39/h3-20,28-29,32-33,36H,2,21H2,1H3/b34-30+/t28-,29-/m0/s1. The fourth-order valence-electron chi connectivity index (χ4n) is 4.19. The van der Waals surface area contributed by atoms with Crippen LogP contribution in [-0.4, -0.2) is 34.4 Å². The topological polar surface area (TPSA) is 126 Å². The van der Waals surface area contributed by atoms with Crippen LogP contribution in [0.4, 0.5) is 11.4 Å². The predicted octanol–water partition coefficient (Wildman–Crippen LogP) is 5.62. The van der Waals surface area contributed by atoms with Crippen LogP contribution in [0.3, 0.4) is 0 Å². The number of carbonyl (C=O) groups excluding carboxylic acids is 1. The van der Waals surface area contributed by atoms with Crippen molar-refractivity contribution in [1.29, 1.82) is 0 Å². The first-order valence-electron chi connectivity index (χ1n) is 12.8. The van der Waals surface area contributed by atoms with Crippen LogP contribution in [-0.2, 0) is 16.0 Å². The van der Waals surface area contributed by atoms with Crippen LogP contribution in [0.25, 0.3) is 0 Å². The number of aromatic hydroxyl groups is 1. The van der Waals surface area contributed by atoms with E-state index < -0.39 is 23.0 Å². The molecule has 0 aliphatic heterocycles. The molecule has 0 aliphatic carbocycles. The maximum atomic E-state index is 13.2. The Morgan fingerprint density at radius 1 is 0.925 bits per heavy atom. The number of non-ortho nitro benzene ring substituents is 1. The number of nitro benzene ring substituents is 1. The molecule has 0 amide bonds. The summed E-state index contributed by atoms with van der Waals surface area (Å²) in [6.07, 6.45) is 0.320. The van der Waals surface area contributed by atoms with E-state index in [4.69, 9.17) is 9.84 Å². The normalized spacial score (nSPS) is 12.8. The molecule has 0 aliphatic rings. The van der Waals surface area contributed by atoms with E-state index in [1.807, 2.05) is 60.7 Å². The van der Waals surface area contributed by atoms with Gasteiger partial charge in [-0.15, -0.1) is 0 Å². The van der Waals surface area contributed by atoms with E-state index in [2.05, 4.69) is 10.7 Å². The molecular weight excluding hydrogens is 508 g/mol. The molecule has 0 spiro atoms. The van der Waals surface area contributed by atoms with Gasteiger partial charge in [0.25, 0.3) is 5.69 Å². The van der Waals surface area contributed by atoms with E-state index >= 15 is 0 Å². The van der Waals surface area contributed by atoms with Gasteiger partial charge in [0.1, 0.15) is 11.8 Å². The average Bonchev–Trinajstić information content (AvgIpc) is 2.98. The highest BCUT2D eigenvalue weighted by Gasteiger charge is 2.28. The summed E-state index contributed by atoms with van der Waals surface area (Å²) in [5.41, 5.74) is 6.70. The van der Waals surface area contributed by atoms with Crippen LogP contribution in [0, 0.1) is 10.1 Å². The van der Waals surface area contributed by atoms with E-state index in [9.17, 15) is 20.0 Å². The number of esters is 1. The average molecular weight is 539 g/mol. The zero-order chi connectivity index (χ0) is 28.3. The number of ether oxygens (including phenoxy) is 1.